The Morgan fingerprint density at radius 3 is 2.29 bits per heavy atom. The Labute approximate surface area is 214 Å². The molecule has 9 nitrogen and oxygen atoms in total. The van der Waals surface area contributed by atoms with Crippen LogP contribution in [0.15, 0.2) is 23.1 Å². The number of halogens is 2. The summed E-state index contributed by atoms with van der Waals surface area (Å²) in [6.45, 7) is 5.52. The molecule has 35 heavy (non-hydrogen) atoms. The zero-order valence-corrected chi connectivity index (χ0v) is 21.9. The summed E-state index contributed by atoms with van der Waals surface area (Å²) in [5, 5.41) is 4.13. The molecule has 0 aliphatic carbocycles. The number of ether oxygens (including phenoxy) is 2. The lowest BCUT2D eigenvalue weighted by Gasteiger charge is -2.32. The molecule has 1 aliphatic rings. The topological polar surface area (TPSA) is 84.8 Å². The smallest absolute Gasteiger partial charge is 0.260 e. The molecule has 188 valence electrons. The van der Waals surface area contributed by atoms with E-state index in [0.29, 0.717) is 46.2 Å². The molecule has 11 heteroatoms. The molecule has 0 radical (unpaired) electrons. The van der Waals surface area contributed by atoms with E-state index < -0.39 is 0 Å². The average molecular weight is 521 g/mol. The highest BCUT2D eigenvalue weighted by Gasteiger charge is 2.23. The molecule has 3 heterocycles. The van der Waals surface area contributed by atoms with Gasteiger partial charge in [0, 0.05) is 63.0 Å². The second-order valence-electron chi connectivity index (χ2n) is 8.52. The fraction of sp³-hybridized carbons (Fsp3) is 0.458. The van der Waals surface area contributed by atoms with Gasteiger partial charge in [-0.3, -0.25) is 9.36 Å². The summed E-state index contributed by atoms with van der Waals surface area (Å²) in [6.07, 6.45) is 2.48. The van der Waals surface area contributed by atoms with Gasteiger partial charge in [0.15, 0.2) is 0 Å². The molecular weight excluding hydrogens is 491 g/mol. The zero-order valence-electron chi connectivity index (χ0n) is 20.4. The number of piperazine rings is 1. The maximum absolute atomic E-state index is 13.9. The lowest BCUT2D eigenvalue weighted by Crippen LogP contribution is -2.44. The zero-order chi connectivity index (χ0) is 25.1. The number of likely N-dealkylation sites (N-methyl/N-ethyl adjacent to an activating group) is 1. The van der Waals surface area contributed by atoms with Gasteiger partial charge >= 0.3 is 0 Å². The second-order valence-corrected chi connectivity index (χ2v) is 9.28. The lowest BCUT2D eigenvalue weighted by atomic mass is 10.0. The second kappa shape index (κ2) is 11.0. The Morgan fingerprint density at radius 2 is 1.69 bits per heavy atom. The standard InChI is InChI=1S/C24H30Cl2N6O3/c1-27-24-28-14-15-12-16(19-20(25)17(34-3)13-18(35-4)21(19)26)23(33)32(22(15)29-24)7-5-6-31-10-8-30(2)9-11-31/h12-14H,5-11H2,1-4H3,(H,27,28,29). The molecule has 0 spiro atoms. The first-order valence-electron chi connectivity index (χ1n) is 11.5. The quantitative estimate of drug-likeness (QED) is 0.483. The van der Waals surface area contributed by atoms with E-state index >= 15 is 0 Å². The third-order valence-electron chi connectivity index (χ3n) is 6.35. The van der Waals surface area contributed by atoms with Gasteiger partial charge in [-0.2, -0.15) is 4.98 Å². The van der Waals surface area contributed by atoms with Gasteiger partial charge < -0.3 is 24.6 Å². The SMILES string of the molecule is CNc1ncc2cc(-c3c(Cl)c(OC)cc(OC)c3Cl)c(=O)n(CCCN3CCN(C)CC3)c2n1. The summed E-state index contributed by atoms with van der Waals surface area (Å²) in [5.41, 5.74) is 1.02. The van der Waals surface area contributed by atoms with Crippen LogP contribution in [-0.4, -0.2) is 85.4 Å². The Kier molecular flexibility index (Phi) is 8.01. The van der Waals surface area contributed by atoms with Crippen LogP contribution in [0.25, 0.3) is 22.2 Å². The van der Waals surface area contributed by atoms with E-state index in [1.54, 1.807) is 29.9 Å². The highest BCUT2D eigenvalue weighted by Crippen LogP contribution is 2.45. The molecule has 1 N–H and O–H groups in total. The van der Waals surface area contributed by atoms with Crippen molar-refractivity contribution in [3.05, 3.63) is 38.7 Å². The van der Waals surface area contributed by atoms with Crippen LogP contribution in [0, 0.1) is 0 Å². The molecule has 0 saturated carbocycles. The summed E-state index contributed by atoms with van der Waals surface area (Å²) >= 11 is 13.3. The van der Waals surface area contributed by atoms with Gasteiger partial charge in [-0.1, -0.05) is 23.2 Å². The number of aromatic nitrogens is 3. The van der Waals surface area contributed by atoms with Crippen molar-refractivity contribution in [3.63, 3.8) is 0 Å². The van der Waals surface area contributed by atoms with Crippen LogP contribution in [0.1, 0.15) is 6.42 Å². The molecule has 0 unspecified atom stereocenters. The van der Waals surface area contributed by atoms with E-state index in [9.17, 15) is 4.79 Å². The summed E-state index contributed by atoms with van der Waals surface area (Å²) < 4.78 is 12.5. The lowest BCUT2D eigenvalue weighted by molar-refractivity contribution is 0.151. The summed E-state index contributed by atoms with van der Waals surface area (Å²) in [6, 6.07) is 3.33. The van der Waals surface area contributed by atoms with Crippen molar-refractivity contribution in [1.82, 2.24) is 24.3 Å². The summed E-state index contributed by atoms with van der Waals surface area (Å²) in [4.78, 5) is 27.5. The van der Waals surface area contributed by atoms with Crippen molar-refractivity contribution >= 4 is 40.2 Å². The first kappa shape index (κ1) is 25.5. The minimum atomic E-state index is -0.240. The first-order chi connectivity index (χ1) is 16.9. The number of benzene rings is 1. The van der Waals surface area contributed by atoms with Crippen LogP contribution < -0.4 is 20.3 Å². The maximum Gasteiger partial charge on any atom is 0.260 e. The molecule has 1 aliphatic heterocycles. The number of hydrogen-bond donors (Lipinski definition) is 1. The van der Waals surface area contributed by atoms with E-state index in [1.807, 2.05) is 0 Å². The van der Waals surface area contributed by atoms with Crippen molar-refractivity contribution in [2.75, 3.05) is 66.4 Å². The van der Waals surface area contributed by atoms with Crippen molar-refractivity contribution in [1.29, 1.82) is 0 Å². The van der Waals surface area contributed by atoms with E-state index in [-0.39, 0.29) is 15.6 Å². The van der Waals surface area contributed by atoms with Gasteiger partial charge in [-0.25, -0.2) is 4.98 Å². The number of anilines is 1. The van der Waals surface area contributed by atoms with Gasteiger partial charge in [-0.05, 0) is 26.1 Å². The number of nitrogens with one attached hydrogen (secondary N) is 1. The van der Waals surface area contributed by atoms with Gasteiger partial charge in [0.2, 0.25) is 5.95 Å². The van der Waals surface area contributed by atoms with E-state index in [0.717, 1.165) is 39.1 Å². The Balaban J connectivity index is 1.80. The number of aryl methyl sites for hydroxylation is 1. The summed E-state index contributed by atoms with van der Waals surface area (Å²) in [5.74, 6) is 1.17. The van der Waals surface area contributed by atoms with Crippen molar-refractivity contribution < 1.29 is 9.47 Å². The monoisotopic (exact) mass is 520 g/mol. The molecule has 2 aromatic heterocycles. The van der Waals surface area contributed by atoms with Crippen LogP contribution in [0.4, 0.5) is 5.95 Å². The molecule has 1 fully saturated rings. The van der Waals surface area contributed by atoms with E-state index in [2.05, 4.69) is 32.1 Å². The summed E-state index contributed by atoms with van der Waals surface area (Å²) in [7, 11) is 6.88. The number of hydrogen-bond acceptors (Lipinski definition) is 8. The van der Waals surface area contributed by atoms with Crippen molar-refractivity contribution in [2.45, 2.75) is 13.0 Å². The third-order valence-corrected chi connectivity index (χ3v) is 7.10. The van der Waals surface area contributed by atoms with Crippen LogP contribution in [-0.2, 0) is 6.54 Å². The van der Waals surface area contributed by atoms with E-state index in [4.69, 9.17) is 32.7 Å². The molecule has 0 atom stereocenters. The van der Waals surface area contributed by atoms with Gasteiger partial charge in [0.25, 0.3) is 5.56 Å². The number of pyridine rings is 1. The molecule has 1 aromatic carbocycles. The largest absolute Gasteiger partial charge is 0.495 e. The van der Waals surface area contributed by atoms with Crippen molar-refractivity contribution in [3.8, 4) is 22.6 Å². The number of nitrogens with zero attached hydrogens (tertiary/aromatic N) is 5. The molecule has 1 saturated heterocycles. The van der Waals surface area contributed by atoms with Gasteiger partial charge in [-0.15, -0.1) is 0 Å². The van der Waals surface area contributed by atoms with Crippen LogP contribution in [0.5, 0.6) is 11.5 Å². The fourth-order valence-corrected chi connectivity index (χ4v) is 5.02. The number of methoxy groups -OCH3 is 2. The molecular formula is C24H30Cl2N6O3. The predicted octanol–water partition coefficient (Wildman–Crippen LogP) is 3.46. The van der Waals surface area contributed by atoms with Gasteiger partial charge in [0.1, 0.15) is 17.1 Å². The predicted molar refractivity (Wildman–Crippen MR) is 140 cm³/mol. The van der Waals surface area contributed by atoms with Crippen LogP contribution in [0.2, 0.25) is 10.0 Å². The van der Waals surface area contributed by atoms with E-state index in [1.165, 1.54) is 14.2 Å². The van der Waals surface area contributed by atoms with Gasteiger partial charge in [0.05, 0.1) is 29.8 Å². The maximum atomic E-state index is 13.9. The fourth-order valence-electron chi connectivity index (χ4n) is 4.31. The Morgan fingerprint density at radius 1 is 1.03 bits per heavy atom. The molecule has 3 aromatic rings. The van der Waals surface area contributed by atoms with Crippen LogP contribution >= 0.6 is 23.2 Å². The molecule has 4 rings (SSSR count). The number of rotatable bonds is 8. The van der Waals surface area contributed by atoms with Crippen LogP contribution in [0.3, 0.4) is 0 Å². The Bertz CT molecular complexity index is 1250. The molecule has 0 amide bonds. The first-order valence-corrected chi connectivity index (χ1v) is 12.2. The molecule has 0 bridgehead atoms. The highest BCUT2D eigenvalue weighted by molar-refractivity contribution is 6.41. The highest BCUT2D eigenvalue weighted by atomic mass is 35.5. The average Bonchev–Trinajstić information content (AvgIpc) is 2.87. The van der Waals surface area contributed by atoms with Crippen molar-refractivity contribution in [2.24, 2.45) is 0 Å². The third kappa shape index (κ3) is 5.18. The number of fused-ring (bicyclic) bond motifs is 1. The minimum Gasteiger partial charge on any atom is -0.495 e. The normalized spacial score (nSPS) is 14.9. The Hall–Kier alpha value is -2.59. The minimum absolute atomic E-state index is 0.240.